The van der Waals surface area contributed by atoms with Crippen LogP contribution in [0.5, 0.6) is 0 Å². The maximum atomic E-state index is 10.9. The summed E-state index contributed by atoms with van der Waals surface area (Å²) in [5.41, 5.74) is 11.1. The first-order valence-corrected chi connectivity index (χ1v) is 11.8. The van der Waals surface area contributed by atoms with Crippen LogP contribution in [0.3, 0.4) is 0 Å². The molecule has 0 saturated heterocycles. The number of benzene rings is 5. The van der Waals surface area contributed by atoms with E-state index in [1.807, 2.05) is 24.3 Å². The van der Waals surface area contributed by atoms with Gasteiger partial charge in [-0.15, -0.1) is 0 Å². The van der Waals surface area contributed by atoms with E-state index in [0.29, 0.717) is 5.56 Å². The summed E-state index contributed by atoms with van der Waals surface area (Å²) in [7, 11) is 0. The molecule has 0 fully saturated rings. The van der Waals surface area contributed by atoms with Crippen molar-refractivity contribution in [3.8, 4) is 22.3 Å². The second kappa shape index (κ2) is 9.82. The van der Waals surface area contributed by atoms with E-state index < -0.39 is 0 Å². The van der Waals surface area contributed by atoms with Crippen LogP contribution >= 0.6 is 0 Å². The van der Waals surface area contributed by atoms with Crippen molar-refractivity contribution in [1.29, 1.82) is 0 Å². The van der Waals surface area contributed by atoms with E-state index in [1.165, 1.54) is 22.3 Å². The zero-order chi connectivity index (χ0) is 24.2. The molecule has 5 aromatic carbocycles. The lowest BCUT2D eigenvalue weighted by Crippen LogP contribution is -2.09. The summed E-state index contributed by atoms with van der Waals surface area (Å²) in [6, 6.07) is 42.2. The van der Waals surface area contributed by atoms with Gasteiger partial charge in [-0.05, 0) is 72.5 Å². The Balaban J connectivity index is 1.44. The van der Waals surface area contributed by atoms with E-state index in [4.69, 9.17) is 0 Å². The zero-order valence-corrected chi connectivity index (χ0v) is 20.0. The highest BCUT2D eigenvalue weighted by molar-refractivity contribution is 5.80. The van der Waals surface area contributed by atoms with Crippen LogP contribution in [-0.4, -0.2) is 6.29 Å². The number of nitrogens with zero attached hydrogens (tertiary/aromatic N) is 1. The van der Waals surface area contributed by atoms with E-state index in [1.54, 1.807) is 0 Å². The Morgan fingerprint density at radius 3 is 1.06 bits per heavy atom. The molecule has 5 aromatic rings. The van der Waals surface area contributed by atoms with Crippen LogP contribution in [0, 0.1) is 13.8 Å². The normalized spacial score (nSPS) is 10.7. The summed E-state index contributed by atoms with van der Waals surface area (Å²) < 4.78 is 0. The van der Waals surface area contributed by atoms with E-state index in [0.717, 1.165) is 34.5 Å². The molecule has 0 bridgehead atoms. The summed E-state index contributed by atoms with van der Waals surface area (Å²) in [6.07, 6.45) is 0.870. The minimum absolute atomic E-state index is 0.691. The smallest absolute Gasteiger partial charge is 0.150 e. The molecular weight excluding hydrogens is 426 g/mol. The Kier molecular flexibility index (Phi) is 6.28. The highest BCUT2D eigenvalue weighted by Gasteiger charge is 2.12. The molecule has 0 heterocycles. The minimum atomic E-state index is 0.691. The summed E-state index contributed by atoms with van der Waals surface area (Å²) in [4.78, 5) is 13.2. The highest BCUT2D eigenvalue weighted by Crippen LogP contribution is 2.36. The second-order valence-electron chi connectivity index (χ2n) is 8.87. The Bertz CT molecular complexity index is 1370. The van der Waals surface area contributed by atoms with E-state index in [2.05, 4.69) is 116 Å². The predicted octanol–water partition coefficient (Wildman–Crippen LogP) is 8.92. The van der Waals surface area contributed by atoms with Crippen molar-refractivity contribution in [3.05, 3.63) is 138 Å². The summed E-state index contributed by atoms with van der Waals surface area (Å²) in [5.74, 6) is 0. The van der Waals surface area contributed by atoms with Gasteiger partial charge in [0, 0.05) is 22.6 Å². The van der Waals surface area contributed by atoms with Crippen molar-refractivity contribution in [1.82, 2.24) is 0 Å². The predicted molar refractivity (Wildman–Crippen MR) is 147 cm³/mol. The molecule has 0 unspecified atom stereocenters. The van der Waals surface area contributed by atoms with Crippen LogP contribution in [0.2, 0.25) is 0 Å². The number of carbonyl (C=O) groups is 1. The van der Waals surface area contributed by atoms with E-state index >= 15 is 0 Å². The van der Waals surface area contributed by atoms with Gasteiger partial charge in [-0.3, -0.25) is 4.79 Å². The third kappa shape index (κ3) is 4.92. The van der Waals surface area contributed by atoms with Gasteiger partial charge in [-0.25, -0.2) is 0 Å². The topological polar surface area (TPSA) is 20.3 Å². The van der Waals surface area contributed by atoms with Crippen molar-refractivity contribution < 1.29 is 4.79 Å². The van der Waals surface area contributed by atoms with Crippen LogP contribution in [0.4, 0.5) is 17.1 Å². The van der Waals surface area contributed by atoms with Gasteiger partial charge in [0.25, 0.3) is 0 Å². The third-order valence-corrected chi connectivity index (χ3v) is 6.31. The summed E-state index contributed by atoms with van der Waals surface area (Å²) in [6.45, 7) is 4.22. The molecular formula is C33H27NO. The van der Waals surface area contributed by atoms with Gasteiger partial charge in [0.2, 0.25) is 0 Å². The fourth-order valence-electron chi connectivity index (χ4n) is 4.25. The maximum Gasteiger partial charge on any atom is 0.150 e. The first-order valence-electron chi connectivity index (χ1n) is 11.8. The van der Waals surface area contributed by atoms with Gasteiger partial charge in [-0.1, -0.05) is 96.1 Å². The Morgan fingerprint density at radius 2 is 0.714 bits per heavy atom. The lowest BCUT2D eigenvalue weighted by molar-refractivity contribution is 0.112. The molecule has 35 heavy (non-hydrogen) atoms. The van der Waals surface area contributed by atoms with Crippen molar-refractivity contribution >= 4 is 23.3 Å². The summed E-state index contributed by atoms with van der Waals surface area (Å²) >= 11 is 0. The Morgan fingerprint density at radius 1 is 0.429 bits per heavy atom. The molecule has 0 aliphatic heterocycles. The molecule has 0 saturated carbocycles. The first kappa shape index (κ1) is 22.4. The van der Waals surface area contributed by atoms with Crippen molar-refractivity contribution in [2.24, 2.45) is 0 Å². The number of hydrogen-bond acceptors (Lipinski definition) is 2. The maximum absolute atomic E-state index is 10.9. The van der Waals surface area contributed by atoms with Gasteiger partial charge in [0.05, 0.1) is 0 Å². The fourth-order valence-corrected chi connectivity index (χ4v) is 4.25. The van der Waals surface area contributed by atoms with Gasteiger partial charge in [-0.2, -0.15) is 0 Å². The SMILES string of the molecule is Cc1ccc(N(c2ccc(C)cc2)c2ccc(-c3ccc(-c4ccc(C=O)cc4)cc3)cc2)cc1. The lowest BCUT2D eigenvalue weighted by atomic mass is 9.99. The van der Waals surface area contributed by atoms with Crippen LogP contribution in [0.1, 0.15) is 21.5 Å². The molecule has 0 N–H and O–H groups in total. The Hall–Kier alpha value is -4.43. The molecule has 0 spiro atoms. The molecule has 2 heteroatoms. The van der Waals surface area contributed by atoms with Gasteiger partial charge in [0.15, 0.2) is 0 Å². The number of carbonyl (C=O) groups excluding carboxylic acids is 1. The van der Waals surface area contributed by atoms with Crippen molar-refractivity contribution in [2.75, 3.05) is 4.90 Å². The first-order chi connectivity index (χ1) is 17.1. The van der Waals surface area contributed by atoms with Crippen LogP contribution < -0.4 is 4.90 Å². The molecule has 0 radical (unpaired) electrons. The molecule has 170 valence electrons. The van der Waals surface area contributed by atoms with Crippen molar-refractivity contribution in [2.45, 2.75) is 13.8 Å². The highest BCUT2D eigenvalue weighted by atomic mass is 16.1. The number of rotatable bonds is 6. The molecule has 0 aromatic heterocycles. The minimum Gasteiger partial charge on any atom is -0.311 e. The number of anilines is 3. The second-order valence-corrected chi connectivity index (χ2v) is 8.87. The molecule has 0 aliphatic rings. The standard InChI is InChI=1S/C33H27NO/c1-24-3-17-31(18-4-24)34(32-19-5-25(2)6-20-32)33-21-15-30(16-22-33)29-13-11-28(12-14-29)27-9-7-26(23-35)8-10-27/h3-23H,1-2H3. The van der Waals surface area contributed by atoms with E-state index in [-0.39, 0.29) is 0 Å². The van der Waals surface area contributed by atoms with Gasteiger partial charge >= 0.3 is 0 Å². The fraction of sp³-hybridized carbons (Fsp3) is 0.0606. The zero-order valence-electron chi connectivity index (χ0n) is 20.0. The molecule has 5 rings (SSSR count). The number of aryl methyl sites for hydroxylation is 2. The van der Waals surface area contributed by atoms with Crippen LogP contribution in [-0.2, 0) is 0 Å². The lowest BCUT2D eigenvalue weighted by Gasteiger charge is -2.26. The third-order valence-electron chi connectivity index (χ3n) is 6.31. The Labute approximate surface area is 207 Å². The molecule has 0 aliphatic carbocycles. The average Bonchev–Trinajstić information content (AvgIpc) is 2.91. The van der Waals surface area contributed by atoms with Crippen LogP contribution in [0.15, 0.2) is 121 Å². The van der Waals surface area contributed by atoms with Crippen molar-refractivity contribution in [3.63, 3.8) is 0 Å². The largest absolute Gasteiger partial charge is 0.311 e. The number of hydrogen-bond donors (Lipinski definition) is 0. The molecule has 0 amide bonds. The monoisotopic (exact) mass is 453 g/mol. The van der Waals surface area contributed by atoms with E-state index in [9.17, 15) is 4.79 Å². The number of aldehydes is 1. The molecule has 2 nitrogen and oxygen atoms in total. The van der Waals surface area contributed by atoms with Crippen LogP contribution in [0.25, 0.3) is 22.3 Å². The van der Waals surface area contributed by atoms with Gasteiger partial charge < -0.3 is 4.90 Å². The molecule has 0 atom stereocenters. The van der Waals surface area contributed by atoms with Gasteiger partial charge in [0.1, 0.15) is 6.29 Å². The quantitative estimate of drug-likeness (QED) is 0.239. The summed E-state index contributed by atoms with van der Waals surface area (Å²) in [5, 5.41) is 0. The average molecular weight is 454 g/mol.